The van der Waals surface area contributed by atoms with Gasteiger partial charge < -0.3 is 4.90 Å². The van der Waals surface area contributed by atoms with Crippen LogP contribution < -0.4 is 0 Å². The van der Waals surface area contributed by atoms with Gasteiger partial charge in [0.25, 0.3) is 10.2 Å². The van der Waals surface area contributed by atoms with Crippen molar-refractivity contribution in [1.29, 1.82) is 5.26 Å². The molecular formula is C15H29N5O2S. The van der Waals surface area contributed by atoms with Crippen molar-refractivity contribution in [2.45, 2.75) is 31.7 Å². The first-order chi connectivity index (χ1) is 10.9. The van der Waals surface area contributed by atoms with Crippen LogP contribution in [0.5, 0.6) is 0 Å². The minimum absolute atomic E-state index is 0.226. The highest BCUT2D eigenvalue weighted by atomic mass is 32.2. The fourth-order valence-corrected chi connectivity index (χ4v) is 4.68. The minimum atomic E-state index is -3.42. The molecule has 0 amide bonds. The molecule has 132 valence electrons. The first-order valence-corrected chi connectivity index (χ1v) is 9.86. The molecule has 2 heterocycles. The largest absolute Gasteiger partial charge is 0.302 e. The van der Waals surface area contributed by atoms with Gasteiger partial charge in [-0.3, -0.25) is 4.90 Å². The molecule has 8 heteroatoms. The maximum Gasteiger partial charge on any atom is 0.281 e. The quantitative estimate of drug-likeness (QED) is 0.688. The Hall–Kier alpha value is -0.720. The summed E-state index contributed by atoms with van der Waals surface area (Å²) < 4.78 is 27.8. The number of piperidine rings is 1. The van der Waals surface area contributed by atoms with Gasteiger partial charge in [-0.15, -0.1) is 0 Å². The van der Waals surface area contributed by atoms with E-state index in [2.05, 4.69) is 16.8 Å². The van der Waals surface area contributed by atoms with Gasteiger partial charge in [0, 0.05) is 58.8 Å². The van der Waals surface area contributed by atoms with Crippen LogP contribution in [0.3, 0.4) is 0 Å². The summed E-state index contributed by atoms with van der Waals surface area (Å²) in [7, 11) is 0.318. The third-order valence-electron chi connectivity index (χ3n) is 4.98. The van der Waals surface area contributed by atoms with Gasteiger partial charge in [-0.05, 0) is 26.4 Å². The Morgan fingerprint density at radius 2 is 1.87 bits per heavy atom. The van der Waals surface area contributed by atoms with E-state index >= 15 is 0 Å². The molecule has 0 spiro atoms. The van der Waals surface area contributed by atoms with Crippen LogP contribution in [0.15, 0.2) is 0 Å². The first-order valence-electron chi connectivity index (χ1n) is 8.46. The smallest absolute Gasteiger partial charge is 0.281 e. The summed E-state index contributed by atoms with van der Waals surface area (Å²) in [5, 5.41) is 8.61. The Morgan fingerprint density at radius 1 is 1.17 bits per heavy atom. The molecule has 0 aromatic carbocycles. The highest BCUT2D eigenvalue weighted by Crippen LogP contribution is 2.18. The Morgan fingerprint density at radius 3 is 2.48 bits per heavy atom. The lowest BCUT2D eigenvalue weighted by Crippen LogP contribution is -2.55. The number of nitrogens with zero attached hydrogens (tertiary/aromatic N) is 5. The molecule has 2 saturated heterocycles. The van der Waals surface area contributed by atoms with E-state index in [0.717, 1.165) is 19.6 Å². The van der Waals surface area contributed by atoms with Crippen molar-refractivity contribution >= 4 is 10.2 Å². The van der Waals surface area contributed by atoms with E-state index in [0.29, 0.717) is 19.1 Å². The molecule has 0 aromatic rings. The molecule has 23 heavy (non-hydrogen) atoms. The van der Waals surface area contributed by atoms with Crippen molar-refractivity contribution in [3.05, 3.63) is 0 Å². The zero-order valence-corrected chi connectivity index (χ0v) is 15.1. The summed E-state index contributed by atoms with van der Waals surface area (Å²) >= 11 is 0. The molecule has 0 saturated carbocycles. The monoisotopic (exact) mass is 343 g/mol. The van der Waals surface area contributed by atoms with Crippen LogP contribution in [0.4, 0.5) is 0 Å². The molecule has 2 rings (SSSR count). The minimum Gasteiger partial charge on any atom is -0.302 e. The van der Waals surface area contributed by atoms with Crippen molar-refractivity contribution in [2.75, 3.05) is 59.9 Å². The second-order valence-electron chi connectivity index (χ2n) is 6.57. The van der Waals surface area contributed by atoms with Crippen molar-refractivity contribution in [2.24, 2.45) is 0 Å². The van der Waals surface area contributed by atoms with Gasteiger partial charge in [-0.1, -0.05) is 6.42 Å². The standard InChI is InChI=1S/C15H29N5O2S/c1-17-8-4-3-6-15(17)14-19-10-12-20(13-11-19)23(21,22)18(2)9-5-7-16/h15H,3-6,8-14H2,1-2H3. The van der Waals surface area contributed by atoms with Gasteiger partial charge in [0.15, 0.2) is 0 Å². The average molecular weight is 343 g/mol. The van der Waals surface area contributed by atoms with E-state index in [9.17, 15) is 8.42 Å². The fourth-order valence-electron chi connectivity index (χ4n) is 3.34. The average Bonchev–Trinajstić information content (AvgIpc) is 2.55. The van der Waals surface area contributed by atoms with Crippen LogP contribution in [0.1, 0.15) is 25.7 Å². The van der Waals surface area contributed by atoms with Crippen molar-refractivity contribution in [3.8, 4) is 6.07 Å². The molecule has 2 aliphatic rings. The molecule has 0 N–H and O–H groups in total. The Labute approximate surface area is 140 Å². The van der Waals surface area contributed by atoms with Gasteiger partial charge in [-0.2, -0.15) is 22.3 Å². The second kappa shape index (κ2) is 8.40. The van der Waals surface area contributed by atoms with E-state index < -0.39 is 10.2 Å². The van der Waals surface area contributed by atoms with E-state index in [1.54, 1.807) is 11.4 Å². The normalized spacial score (nSPS) is 25.6. The zero-order chi connectivity index (χ0) is 16.9. The molecule has 1 unspecified atom stereocenters. The molecular weight excluding hydrogens is 314 g/mol. The molecule has 2 fully saturated rings. The van der Waals surface area contributed by atoms with E-state index in [1.165, 1.54) is 30.1 Å². The fraction of sp³-hybridized carbons (Fsp3) is 0.933. The van der Waals surface area contributed by atoms with Crippen LogP contribution in [-0.4, -0.2) is 92.8 Å². The first kappa shape index (κ1) is 18.6. The topological polar surface area (TPSA) is 70.9 Å². The second-order valence-corrected chi connectivity index (χ2v) is 8.60. The molecule has 7 nitrogen and oxygen atoms in total. The number of hydrogen-bond donors (Lipinski definition) is 0. The Kier molecular flexibility index (Phi) is 6.80. The van der Waals surface area contributed by atoms with Crippen LogP contribution in [0, 0.1) is 11.3 Å². The predicted molar refractivity (Wildman–Crippen MR) is 90.1 cm³/mol. The van der Waals surface area contributed by atoms with Gasteiger partial charge in [-0.25, -0.2) is 0 Å². The number of piperazine rings is 1. The van der Waals surface area contributed by atoms with E-state index in [-0.39, 0.29) is 13.0 Å². The molecule has 0 bridgehead atoms. The number of hydrogen-bond acceptors (Lipinski definition) is 5. The highest BCUT2D eigenvalue weighted by molar-refractivity contribution is 7.86. The number of nitriles is 1. The Bertz CT molecular complexity index is 510. The lowest BCUT2D eigenvalue weighted by atomic mass is 10.0. The summed E-state index contributed by atoms with van der Waals surface area (Å²) in [6, 6.07) is 2.59. The molecule has 0 aromatic heterocycles. The van der Waals surface area contributed by atoms with Crippen LogP contribution in [0.2, 0.25) is 0 Å². The third kappa shape index (κ3) is 4.88. The predicted octanol–water partition coefficient (Wildman–Crippen LogP) is 0.179. The maximum atomic E-state index is 12.5. The number of likely N-dealkylation sites (tertiary alicyclic amines) is 1. The van der Waals surface area contributed by atoms with Crippen molar-refractivity contribution < 1.29 is 8.42 Å². The number of rotatable bonds is 6. The van der Waals surface area contributed by atoms with Crippen molar-refractivity contribution in [1.82, 2.24) is 18.4 Å². The lowest BCUT2D eigenvalue weighted by Gasteiger charge is -2.40. The maximum absolute atomic E-state index is 12.5. The summed E-state index contributed by atoms with van der Waals surface area (Å²) in [6.45, 7) is 5.11. The molecule has 0 aliphatic carbocycles. The zero-order valence-electron chi connectivity index (χ0n) is 14.3. The SMILES string of the molecule is CN1CCCCC1CN1CCN(S(=O)(=O)N(C)CCC#N)CC1. The van der Waals surface area contributed by atoms with Gasteiger partial charge in [0.2, 0.25) is 0 Å². The summed E-state index contributed by atoms with van der Waals surface area (Å²) in [6.07, 6.45) is 4.05. The molecule has 1 atom stereocenters. The summed E-state index contributed by atoms with van der Waals surface area (Å²) in [5.41, 5.74) is 0. The van der Waals surface area contributed by atoms with Crippen LogP contribution in [0.25, 0.3) is 0 Å². The van der Waals surface area contributed by atoms with Crippen LogP contribution >= 0.6 is 0 Å². The summed E-state index contributed by atoms with van der Waals surface area (Å²) in [4.78, 5) is 4.82. The highest BCUT2D eigenvalue weighted by Gasteiger charge is 2.31. The van der Waals surface area contributed by atoms with Gasteiger partial charge >= 0.3 is 0 Å². The van der Waals surface area contributed by atoms with Crippen LogP contribution in [-0.2, 0) is 10.2 Å². The number of likely N-dealkylation sites (N-methyl/N-ethyl adjacent to an activating group) is 1. The summed E-state index contributed by atoms with van der Waals surface area (Å²) in [5.74, 6) is 0. The van der Waals surface area contributed by atoms with Crippen molar-refractivity contribution in [3.63, 3.8) is 0 Å². The van der Waals surface area contributed by atoms with Gasteiger partial charge in [0.05, 0.1) is 6.07 Å². The van der Waals surface area contributed by atoms with Gasteiger partial charge in [0.1, 0.15) is 0 Å². The third-order valence-corrected chi connectivity index (χ3v) is 6.97. The Balaban J connectivity index is 1.82. The molecule has 0 radical (unpaired) electrons. The van der Waals surface area contributed by atoms with E-state index in [4.69, 9.17) is 5.26 Å². The lowest BCUT2D eigenvalue weighted by molar-refractivity contribution is 0.105. The van der Waals surface area contributed by atoms with E-state index in [1.807, 2.05) is 6.07 Å². The molecule has 2 aliphatic heterocycles.